The molecule has 3 fully saturated rings. The molecule has 4 nitrogen and oxygen atoms in total. The Morgan fingerprint density at radius 1 is 1.42 bits per heavy atom. The van der Waals surface area contributed by atoms with Gasteiger partial charge in [0.15, 0.2) is 0 Å². The number of fused-ring (bicyclic) bond motifs is 1. The summed E-state index contributed by atoms with van der Waals surface area (Å²) in [6, 6.07) is 2.14. The number of amides is 1. The fourth-order valence-corrected chi connectivity index (χ4v) is 4.74. The molecule has 0 unspecified atom stereocenters. The molecule has 24 heavy (non-hydrogen) atoms. The molecule has 0 spiro atoms. The van der Waals surface area contributed by atoms with Gasteiger partial charge in [0.25, 0.3) is 0 Å². The highest BCUT2D eigenvalue weighted by Crippen LogP contribution is 2.42. The summed E-state index contributed by atoms with van der Waals surface area (Å²) in [6.07, 6.45) is -0.375. The fraction of sp³-hybridized carbons (Fsp3) is 0.706. The number of alkyl halides is 2. The summed E-state index contributed by atoms with van der Waals surface area (Å²) in [7, 11) is 0. The summed E-state index contributed by atoms with van der Waals surface area (Å²) in [5, 5.41) is 7.12. The number of hydrogen-bond acceptors (Lipinski definition) is 4. The normalized spacial score (nSPS) is 32.5. The van der Waals surface area contributed by atoms with Crippen molar-refractivity contribution in [1.29, 1.82) is 0 Å². The van der Waals surface area contributed by atoms with Gasteiger partial charge in [0.2, 0.25) is 11.8 Å². The molecule has 0 bridgehead atoms. The van der Waals surface area contributed by atoms with Gasteiger partial charge in [-0.1, -0.05) is 0 Å². The molecule has 1 saturated carbocycles. The molecule has 0 radical (unpaired) electrons. The van der Waals surface area contributed by atoms with Crippen molar-refractivity contribution in [2.45, 2.75) is 31.4 Å². The van der Waals surface area contributed by atoms with E-state index in [1.165, 1.54) is 5.56 Å². The van der Waals surface area contributed by atoms with Crippen LogP contribution in [0, 0.1) is 17.8 Å². The Balaban J connectivity index is 1.25. The van der Waals surface area contributed by atoms with E-state index in [1.54, 1.807) is 11.3 Å². The zero-order valence-electron chi connectivity index (χ0n) is 13.4. The molecule has 1 N–H and O–H groups in total. The standard InChI is InChI=1S/C17H22F2N2O2S/c18-17(19)3-12(4-17)16(22)20-5-13-9-23-15-8-21(7-14(13)15)6-11-1-2-24-10-11/h1-2,10,12-15H,3-9H2,(H,20,22)/t13-,14+,15+/m1/s1. The lowest BCUT2D eigenvalue weighted by atomic mass is 9.80. The first-order chi connectivity index (χ1) is 11.5. The maximum Gasteiger partial charge on any atom is 0.249 e. The summed E-state index contributed by atoms with van der Waals surface area (Å²) in [4.78, 5) is 14.3. The van der Waals surface area contributed by atoms with Crippen molar-refractivity contribution in [3.8, 4) is 0 Å². The van der Waals surface area contributed by atoms with Gasteiger partial charge in [-0.05, 0) is 22.4 Å². The van der Waals surface area contributed by atoms with E-state index in [1.807, 2.05) is 0 Å². The number of hydrogen-bond donors (Lipinski definition) is 1. The van der Waals surface area contributed by atoms with Crippen molar-refractivity contribution in [1.82, 2.24) is 10.2 Å². The lowest BCUT2D eigenvalue weighted by Gasteiger charge is -2.34. The third-order valence-electron chi connectivity index (χ3n) is 5.50. The van der Waals surface area contributed by atoms with Crippen LogP contribution >= 0.6 is 11.3 Å². The molecule has 132 valence electrons. The van der Waals surface area contributed by atoms with E-state index in [0.717, 1.165) is 19.6 Å². The highest BCUT2D eigenvalue weighted by atomic mass is 32.1. The zero-order valence-corrected chi connectivity index (χ0v) is 14.2. The van der Waals surface area contributed by atoms with Crippen LogP contribution in [0.4, 0.5) is 8.78 Å². The number of carbonyl (C=O) groups excluding carboxylic acids is 1. The monoisotopic (exact) mass is 356 g/mol. The Labute approximate surface area is 144 Å². The summed E-state index contributed by atoms with van der Waals surface area (Å²) in [5.41, 5.74) is 1.33. The van der Waals surface area contributed by atoms with Crippen LogP contribution < -0.4 is 5.32 Å². The van der Waals surface area contributed by atoms with E-state index in [-0.39, 0.29) is 30.8 Å². The number of likely N-dealkylation sites (tertiary alicyclic amines) is 1. The van der Waals surface area contributed by atoms with Gasteiger partial charge in [0, 0.05) is 56.8 Å². The van der Waals surface area contributed by atoms with Gasteiger partial charge in [-0.25, -0.2) is 8.78 Å². The predicted molar refractivity (Wildman–Crippen MR) is 87.0 cm³/mol. The van der Waals surface area contributed by atoms with Crippen LogP contribution in [0.1, 0.15) is 18.4 Å². The Bertz CT molecular complexity index is 587. The molecular formula is C17H22F2N2O2S. The Hall–Kier alpha value is -1.05. The Morgan fingerprint density at radius 2 is 2.25 bits per heavy atom. The molecule has 3 heterocycles. The lowest BCUT2D eigenvalue weighted by Crippen LogP contribution is -2.46. The zero-order chi connectivity index (χ0) is 16.7. The molecule has 1 amide bonds. The van der Waals surface area contributed by atoms with E-state index in [9.17, 15) is 13.6 Å². The van der Waals surface area contributed by atoms with Crippen LogP contribution in [-0.4, -0.2) is 49.1 Å². The molecule has 2 saturated heterocycles. The van der Waals surface area contributed by atoms with Crippen molar-refractivity contribution in [2.75, 3.05) is 26.2 Å². The number of nitrogens with zero attached hydrogens (tertiary/aromatic N) is 1. The third-order valence-corrected chi connectivity index (χ3v) is 6.23. The quantitative estimate of drug-likeness (QED) is 0.881. The summed E-state index contributed by atoms with van der Waals surface area (Å²) < 4.78 is 31.6. The highest BCUT2D eigenvalue weighted by molar-refractivity contribution is 7.07. The Morgan fingerprint density at radius 3 is 2.96 bits per heavy atom. The van der Waals surface area contributed by atoms with Crippen molar-refractivity contribution >= 4 is 17.2 Å². The van der Waals surface area contributed by atoms with Crippen LogP contribution in [0.5, 0.6) is 0 Å². The van der Waals surface area contributed by atoms with Crippen LogP contribution in [-0.2, 0) is 16.1 Å². The largest absolute Gasteiger partial charge is 0.376 e. The van der Waals surface area contributed by atoms with E-state index in [0.29, 0.717) is 19.1 Å². The lowest BCUT2D eigenvalue weighted by molar-refractivity contribution is -0.150. The third kappa shape index (κ3) is 3.34. The van der Waals surface area contributed by atoms with Gasteiger partial charge >= 0.3 is 0 Å². The smallest absolute Gasteiger partial charge is 0.249 e. The number of ether oxygens (including phenoxy) is 1. The van der Waals surface area contributed by atoms with Gasteiger partial charge in [-0.15, -0.1) is 0 Å². The first-order valence-electron chi connectivity index (χ1n) is 8.51. The highest BCUT2D eigenvalue weighted by Gasteiger charge is 2.49. The van der Waals surface area contributed by atoms with E-state index < -0.39 is 11.8 Å². The summed E-state index contributed by atoms with van der Waals surface area (Å²) in [6.45, 7) is 4.04. The van der Waals surface area contributed by atoms with Crippen molar-refractivity contribution in [3.63, 3.8) is 0 Å². The summed E-state index contributed by atoms with van der Waals surface area (Å²) >= 11 is 1.71. The second-order valence-corrected chi connectivity index (χ2v) is 8.11. The number of carbonyl (C=O) groups is 1. The first-order valence-corrected chi connectivity index (χ1v) is 9.45. The van der Waals surface area contributed by atoms with Crippen molar-refractivity contribution in [3.05, 3.63) is 22.4 Å². The van der Waals surface area contributed by atoms with E-state index >= 15 is 0 Å². The minimum Gasteiger partial charge on any atom is -0.376 e. The molecule has 3 atom stereocenters. The minimum absolute atomic E-state index is 0.225. The van der Waals surface area contributed by atoms with Gasteiger partial charge < -0.3 is 10.1 Å². The molecule has 3 aliphatic rings. The molecule has 1 aliphatic carbocycles. The van der Waals surface area contributed by atoms with Gasteiger partial charge in [0.05, 0.1) is 12.7 Å². The minimum atomic E-state index is -2.64. The van der Waals surface area contributed by atoms with E-state index in [4.69, 9.17) is 4.74 Å². The molecule has 1 aromatic heterocycles. The second-order valence-electron chi connectivity index (χ2n) is 7.33. The fourth-order valence-electron chi connectivity index (χ4n) is 4.08. The topological polar surface area (TPSA) is 41.6 Å². The molecule has 0 aromatic carbocycles. The predicted octanol–water partition coefficient (Wildman–Crippen LogP) is 2.36. The summed E-state index contributed by atoms with van der Waals surface area (Å²) in [5.74, 6) is -2.68. The molecule has 4 rings (SSSR count). The Kier molecular flexibility index (Phi) is 4.34. The average molecular weight is 356 g/mol. The maximum atomic E-state index is 12.9. The van der Waals surface area contributed by atoms with Crippen LogP contribution in [0.3, 0.4) is 0 Å². The molecule has 2 aliphatic heterocycles. The van der Waals surface area contributed by atoms with Crippen LogP contribution in [0.25, 0.3) is 0 Å². The molecule has 1 aromatic rings. The number of nitrogens with one attached hydrogen (secondary N) is 1. The average Bonchev–Trinajstić information content (AvgIpc) is 3.20. The molecule has 7 heteroatoms. The van der Waals surface area contributed by atoms with Crippen LogP contribution in [0.15, 0.2) is 16.8 Å². The number of rotatable bonds is 5. The van der Waals surface area contributed by atoms with Crippen molar-refractivity contribution < 1.29 is 18.3 Å². The van der Waals surface area contributed by atoms with Gasteiger partial charge in [0.1, 0.15) is 0 Å². The second kappa shape index (κ2) is 6.35. The first kappa shape index (κ1) is 16.4. The van der Waals surface area contributed by atoms with Gasteiger partial charge in [-0.2, -0.15) is 11.3 Å². The van der Waals surface area contributed by atoms with E-state index in [2.05, 4.69) is 27.0 Å². The molecular weight excluding hydrogens is 334 g/mol. The maximum absolute atomic E-state index is 12.9. The number of thiophene rings is 1. The number of halogens is 2. The van der Waals surface area contributed by atoms with Crippen molar-refractivity contribution in [2.24, 2.45) is 17.8 Å². The van der Waals surface area contributed by atoms with Gasteiger partial charge in [-0.3, -0.25) is 9.69 Å². The van der Waals surface area contributed by atoms with Crippen LogP contribution in [0.2, 0.25) is 0 Å². The SMILES string of the molecule is O=C(NC[C@@H]1CO[C@H]2CN(Cc3ccsc3)C[C@@H]12)C1CC(F)(F)C1.